The van der Waals surface area contributed by atoms with Crippen LogP contribution in [-0.2, 0) is 0 Å². The minimum Gasteiger partial charge on any atom is -0.383 e. The van der Waals surface area contributed by atoms with Gasteiger partial charge in [-0.2, -0.15) is 4.98 Å². The van der Waals surface area contributed by atoms with Crippen LogP contribution in [0.5, 0.6) is 0 Å². The molecule has 0 aliphatic heterocycles. The molecule has 0 atom stereocenters. The Balaban J connectivity index is 2.30. The van der Waals surface area contributed by atoms with E-state index < -0.39 is 5.69 Å². The van der Waals surface area contributed by atoms with Crippen LogP contribution >= 0.6 is 0 Å². The Kier molecular flexibility index (Phi) is 3.33. The average Bonchev–Trinajstić information content (AvgIpc) is 2.36. The van der Waals surface area contributed by atoms with Crippen molar-refractivity contribution in [3.63, 3.8) is 0 Å². The Morgan fingerprint density at radius 2 is 2.16 bits per heavy atom. The minimum absolute atomic E-state index is 0.177. The zero-order chi connectivity index (χ0) is 14.0. The first-order valence-corrected chi connectivity index (χ1v) is 5.76. The molecule has 1 aliphatic rings. The van der Waals surface area contributed by atoms with Gasteiger partial charge in [0, 0.05) is 18.0 Å². The van der Waals surface area contributed by atoms with E-state index in [-0.39, 0.29) is 5.82 Å². The van der Waals surface area contributed by atoms with E-state index in [2.05, 4.69) is 10.4 Å². The third kappa shape index (κ3) is 2.62. The third-order valence-corrected chi connectivity index (χ3v) is 2.96. The summed E-state index contributed by atoms with van der Waals surface area (Å²) in [5, 5.41) is 7.87. The van der Waals surface area contributed by atoms with Gasteiger partial charge in [-0.15, -0.1) is 0 Å². The quantitative estimate of drug-likeness (QED) is 0.741. The van der Waals surface area contributed by atoms with E-state index in [4.69, 9.17) is 11.1 Å². The van der Waals surface area contributed by atoms with Crippen LogP contribution in [0.1, 0.15) is 13.8 Å². The highest BCUT2D eigenvalue weighted by Gasteiger charge is 2.11. The van der Waals surface area contributed by atoms with Gasteiger partial charge in [0.2, 0.25) is 0 Å². The number of aromatic nitrogens is 2. The summed E-state index contributed by atoms with van der Waals surface area (Å²) < 4.78 is 1.21. The maximum atomic E-state index is 11.5. The number of nitrogen functional groups attached to an aromatic ring is 1. The molecule has 4 N–H and O–H groups in total. The second kappa shape index (κ2) is 4.93. The van der Waals surface area contributed by atoms with Crippen LogP contribution in [0.2, 0.25) is 0 Å². The number of nitrogens with one attached hydrogen (secondary N) is 2. The molecular formula is C13H15N5O. The van der Waals surface area contributed by atoms with Gasteiger partial charge in [-0.1, -0.05) is 6.08 Å². The first-order chi connectivity index (χ1) is 8.99. The summed E-state index contributed by atoms with van der Waals surface area (Å²) in [7, 11) is 0. The van der Waals surface area contributed by atoms with Gasteiger partial charge in [0.05, 0.1) is 5.71 Å². The van der Waals surface area contributed by atoms with E-state index in [1.807, 2.05) is 19.9 Å². The fraction of sp³-hybridized carbons (Fsp3) is 0.154. The lowest BCUT2D eigenvalue weighted by atomic mass is 9.94. The van der Waals surface area contributed by atoms with Crippen molar-refractivity contribution < 1.29 is 0 Å². The number of allylic oxidation sites excluding steroid dienone is 5. The lowest BCUT2D eigenvalue weighted by Crippen LogP contribution is -2.28. The zero-order valence-electron chi connectivity index (χ0n) is 10.8. The second-order valence-electron chi connectivity index (χ2n) is 4.25. The van der Waals surface area contributed by atoms with Crippen LogP contribution in [0.25, 0.3) is 0 Å². The van der Waals surface area contributed by atoms with Crippen molar-refractivity contribution in [1.29, 1.82) is 5.41 Å². The Morgan fingerprint density at radius 3 is 2.84 bits per heavy atom. The summed E-state index contributed by atoms with van der Waals surface area (Å²) >= 11 is 0. The summed E-state index contributed by atoms with van der Waals surface area (Å²) in [6, 6.07) is 1.52. The van der Waals surface area contributed by atoms with Gasteiger partial charge in [0.25, 0.3) is 0 Å². The Morgan fingerprint density at radius 1 is 1.42 bits per heavy atom. The van der Waals surface area contributed by atoms with Gasteiger partial charge in [-0.3, -0.25) is 5.43 Å². The summed E-state index contributed by atoms with van der Waals surface area (Å²) in [5.41, 5.74) is 10.9. The molecule has 0 bridgehead atoms. The number of anilines is 1. The van der Waals surface area contributed by atoms with Crippen molar-refractivity contribution in [1.82, 2.24) is 9.66 Å². The molecule has 0 unspecified atom stereocenters. The molecule has 0 saturated heterocycles. The SMILES string of the molecule is CC1=C(C)/C(=C/Nn2ccc(N)nc2=O)C(=N)C=C1. The molecule has 6 heteroatoms. The monoisotopic (exact) mass is 257 g/mol. The highest BCUT2D eigenvalue weighted by Crippen LogP contribution is 2.21. The third-order valence-electron chi connectivity index (χ3n) is 2.96. The molecule has 19 heavy (non-hydrogen) atoms. The van der Waals surface area contributed by atoms with E-state index >= 15 is 0 Å². The van der Waals surface area contributed by atoms with Gasteiger partial charge >= 0.3 is 5.69 Å². The molecule has 0 spiro atoms. The van der Waals surface area contributed by atoms with Crippen molar-refractivity contribution in [3.8, 4) is 0 Å². The molecule has 0 radical (unpaired) electrons. The first-order valence-electron chi connectivity index (χ1n) is 5.76. The van der Waals surface area contributed by atoms with E-state index in [9.17, 15) is 4.79 Å². The first kappa shape index (κ1) is 12.8. The zero-order valence-corrected chi connectivity index (χ0v) is 10.8. The molecule has 6 nitrogen and oxygen atoms in total. The molecule has 1 aromatic heterocycles. The maximum Gasteiger partial charge on any atom is 0.368 e. The maximum absolute atomic E-state index is 11.5. The summed E-state index contributed by atoms with van der Waals surface area (Å²) in [6.07, 6.45) is 6.73. The van der Waals surface area contributed by atoms with Gasteiger partial charge in [-0.05, 0) is 37.1 Å². The van der Waals surface area contributed by atoms with Crippen molar-refractivity contribution in [3.05, 3.63) is 57.8 Å². The smallest absolute Gasteiger partial charge is 0.368 e. The molecular weight excluding hydrogens is 242 g/mol. The fourth-order valence-electron chi connectivity index (χ4n) is 1.67. The van der Waals surface area contributed by atoms with Gasteiger partial charge in [0.1, 0.15) is 5.82 Å². The average molecular weight is 257 g/mol. The van der Waals surface area contributed by atoms with Gasteiger partial charge in [0.15, 0.2) is 0 Å². The second-order valence-corrected chi connectivity index (χ2v) is 4.25. The summed E-state index contributed by atoms with van der Waals surface area (Å²) in [5.74, 6) is 0.177. The largest absolute Gasteiger partial charge is 0.383 e. The number of hydrogen-bond donors (Lipinski definition) is 3. The van der Waals surface area contributed by atoms with Crippen LogP contribution in [0, 0.1) is 5.41 Å². The number of nitrogens with two attached hydrogens (primary N) is 1. The predicted molar refractivity (Wildman–Crippen MR) is 75.6 cm³/mol. The topological polar surface area (TPSA) is 96.8 Å². The van der Waals surface area contributed by atoms with E-state index in [0.717, 1.165) is 16.7 Å². The Hall–Kier alpha value is -2.63. The Bertz CT molecular complexity index is 679. The molecule has 98 valence electrons. The molecule has 0 aromatic carbocycles. The van der Waals surface area contributed by atoms with Crippen molar-refractivity contribution >= 4 is 11.5 Å². The van der Waals surface area contributed by atoms with E-state index in [1.54, 1.807) is 12.3 Å². The molecule has 0 saturated carbocycles. The fourth-order valence-corrected chi connectivity index (χ4v) is 1.67. The number of rotatable bonds is 2. The van der Waals surface area contributed by atoms with Crippen LogP contribution in [-0.4, -0.2) is 15.4 Å². The van der Waals surface area contributed by atoms with Crippen LogP contribution < -0.4 is 16.8 Å². The lowest BCUT2D eigenvalue weighted by molar-refractivity contribution is 0.843. The number of hydrogen-bond acceptors (Lipinski definition) is 5. The standard InChI is InChI=1S/C13H15N5O/c1-8-3-4-11(14)10(9(8)2)7-16-18-6-5-12(15)17-13(18)19/h3-7,14,16H,1-2H3,(H2,15,17,19)/b10-7-,14-11?. The number of nitrogens with zero attached hydrogens (tertiary/aromatic N) is 2. The van der Waals surface area contributed by atoms with Crippen molar-refractivity contribution in [2.45, 2.75) is 13.8 Å². The molecule has 1 aromatic rings. The molecule has 1 aliphatic carbocycles. The lowest BCUT2D eigenvalue weighted by Gasteiger charge is -2.15. The highest BCUT2D eigenvalue weighted by atomic mass is 16.1. The normalized spacial score (nSPS) is 17.2. The van der Waals surface area contributed by atoms with Crippen LogP contribution in [0.15, 0.2) is 52.1 Å². The Labute approximate surface area is 110 Å². The van der Waals surface area contributed by atoms with E-state index in [1.165, 1.54) is 16.9 Å². The molecule has 1 heterocycles. The highest BCUT2D eigenvalue weighted by molar-refractivity contribution is 6.11. The molecule has 0 fully saturated rings. The molecule has 2 rings (SSSR count). The van der Waals surface area contributed by atoms with Crippen molar-refractivity contribution in [2.24, 2.45) is 0 Å². The van der Waals surface area contributed by atoms with Crippen LogP contribution in [0.3, 0.4) is 0 Å². The van der Waals surface area contributed by atoms with Gasteiger partial charge in [-0.25, -0.2) is 9.47 Å². The summed E-state index contributed by atoms with van der Waals surface area (Å²) in [4.78, 5) is 15.1. The minimum atomic E-state index is -0.493. The van der Waals surface area contributed by atoms with E-state index in [0.29, 0.717) is 5.71 Å². The predicted octanol–water partition coefficient (Wildman–Crippen LogP) is 1.18. The van der Waals surface area contributed by atoms with Gasteiger partial charge < -0.3 is 11.1 Å². The summed E-state index contributed by atoms with van der Waals surface area (Å²) in [6.45, 7) is 3.91. The van der Waals surface area contributed by atoms with Crippen LogP contribution in [0.4, 0.5) is 5.82 Å². The van der Waals surface area contributed by atoms with Crippen molar-refractivity contribution in [2.75, 3.05) is 11.2 Å². The molecule has 0 amide bonds.